The van der Waals surface area contributed by atoms with Gasteiger partial charge in [0.25, 0.3) is 0 Å². The van der Waals surface area contributed by atoms with E-state index in [1.807, 2.05) is 12.1 Å². The first-order chi connectivity index (χ1) is 14.9. The molecule has 0 aliphatic carbocycles. The zero-order chi connectivity index (χ0) is 22.0. The Morgan fingerprint density at radius 3 is 2.42 bits per heavy atom. The molecule has 6 nitrogen and oxygen atoms in total. The molecule has 0 unspecified atom stereocenters. The van der Waals surface area contributed by atoms with Crippen LogP contribution in [0.15, 0.2) is 91.6 Å². The smallest absolute Gasteiger partial charge is 0.238 e. The third-order valence-corrected chi connectivity index (χ3v) is 6.85. The standard InChI is InChI=1S/C22H16BrClN2O4S/c1-29-18-4-2-3-17(13-18)25-21-22(31(27,28)19-11-9-16(24)10-12-19)26-20(30-21)14-5-7-15(23)8-6-14/h2-13,25H,1H3. The van der Waals surface area contributed by atoms with Gasteiger partial charge in [0, 0.05) is 26.8 Å². The van der Waals surface area contributed by atoms with E-state index >= 15 is 0 Å². The third kappa shape index (κ3) is 4.61. The van der Waals surface area contributed by atoms with E-state index < -0.39 is 9.84 Å². The van der Waals surface area contributed by atoms with Gasteiger partial charge < -0.3 is 14.5 Å². The van der Waals surface area contributed by atoms with Gasteiger partial charge in [-0.25, -0.2) is 8.42 Å². The number of oxazole rings is 1. The van der Waals surface area contributed by atoms with E-state index in [-0.39, 0.29) is 21.7 Å². The van der Waals surface area contributed by atoms with Gasteiger partial charge in [-0.3, -0.25) is 0 Å². The molecule has 3 aromatic carbocycles. The monoisotopic (exact) mass is 518 g/mol. The van der Waals surface area contributed by atoms with Crippen molar-refractivity contribution in [2.75, 3.05) is 12.4 Å². The van der Waals surface area contributed by atoms with Crippen molar-refractivity contribution in [2.45, 2.75) is 9.92 Å². The molecule has 0 atom stereocenters. The lowest BCUT2D eigenvalue weighted by Gasteiger charge is -2.07. The highest BCUT2D eigenvalue weighted by molar-refractivity contribution is 9.10. The number of hydrogen-bond donors (Lipinski definition) is 1. The van der Waals surface area contributed by atoms with Gasteiger partial charge in [-0.15, -0.1) is 0 Å². The molecule has 4 rings (SSSR count). The number of anilines is 2. The predicted molar refractivity (Wildman–Crippen MR) is 123 cm³/mol. The van der Waals surface area contributed by atoms with Gasteiger partial charge >= 0.3 is 0 Å². The van der Waals surface area contributed by atoms with Gasteiger partial charge in [0.2, 0.25) is 26.6 Å². The number of aromatic nitrogens is 1. The number of benzene rings is 3. The first-order valence-electron chi connectivity index (χ1n) is 9.05. The topological polar surface area (TPSA) is 81.4 Å². The Labute approximate surface area is 192 Å². The molecule has 9 heteroatoms. The SMILES string of the molecule is COc1cccc(Nc2oc(-c3ccc(Br)cc3)nc2S(=O)(=O)c2ccc(Cl)cc2)c1. The van der Waals surface area contributed by atoms with E-state index in [0.717, 1.165) is 4.47 Å². The molecule has 31 heavy (non-hydrogen) atoms. The fourth-order valence-corrected chi connectivity index (χ4v) is 4.49. The molecule has 0 amide bonds. The highest BCUT2D eigenvalue weighted by Crippen LogP contribution is 2.35. The minimum atomic E-state index is -3.98. The zero-order valence-electron chi connectivity index (χ0n) is 16.2. The number of nitrogens with zero attached hydrogens (tertiary/aromatic N) is 1. The number of ether oxygens (including phenoxy) is 1. The zero-order valence-corrected chi connectivity index (χ0v) is 19.3. The number of hydrogen-bond acceptors (Lipinski definition) is 6. The van der Waals surface area contributed by atoms with Crippen molar-refractivity contribution in [3.05, 3.63) is 82.3 Å². The summed E-state index contributed by atoms with van der Waals surface area (Å²) in [5.74, 6) is 0.784. The Balaban J connectivity index is 1.83. The van der Waals surface area contributed by atoms with E-state index in [0.29, 0.717) is 22.0 Å². The van der Waals surface area contributed by atoms with Gasteiger partial charge in [0.1, 0.15) is 5.75 Å². The number of rotatable bonds is 6. The van der Waals surface area contributed by atoms with Gasteiger partial charge in [0.15, 0.2) is 0 Å². The Morgan fingerprint density at radius 1 is 1.03 bits per heavy atom. The van der Waals surface area contributed by atoms with Crippen LogP contribution in [0.1, 0.15) is 0 Å². The molecule has 4 aromatic rings. The Hall–Kier alpha value is -2.81. The molecule has 0 saturated heterocycles. The summed E-state index contributed by atoms with van der Waals surface area (Å²) in [6.07, 6.45) is 0. The quantitative estimate of drug-likeness (QED) is 0.320. The highest BCUT2D eigenvalue weighted by Gasteiger charge is 2.29. The van der Waals surface area contributed by atoms with Crippen LogP contribution in [0.4, 0.5) is 11.6 Å². The molecule has 0 radical (unpaired) electrons. The molecule has 158 valence electrons. The van der Waals surface area contributed by atoms with Crippen LogP contribution in [0.5, 0.6) is 5.75 Å². The summed E-state index contributed by atoms with van der Waals surface area (Å²) in [5, 5.41) is 3.22. The van der Waals surface area contributed by atoms with Crippen molar-refractivity contribution in [1.82, 2.24) is 4.98 Å². The van der Waals surface area contributed by atoms with Crippen LogP contribution in [0.2, 0.25) is 5.02 Å². The maximum atomic E-state index is 13.3. The number of nitrogens with one attached hydrogen (secondary N) is 1. The van der Waals surface area contributed by atoms with Crippen molar-refractivity contribution in [1.29, 1.82) is 0 Å². The molecule has 0 aliphatic rings. The third-order valence-electron chi connectivity index (χ3n) is 4.39. The molecule has 1 aromatic heterocycles. The summed E-state index contributed by atoms with van der Waals surface area (Å²) in [5.41, 5.74) is 1.22. The molecule has 0 fully saturated rings. The van der Waals surface area contributed by atoms with E-state index in [1.165, 1.54) is 24.3 Å². The van der Waals surface area contributed by atoms with Gasteiger partial charge in [0.05, 0.1) is 12.0 Å². The van der Waals surface area contributed by atoms with Crippen LogP contribution < -0.4 is 10.1 Å². The van der Waals surface area contributed by atoms with Crippen LogP contribution in [-0.2, 0) is 9.84 Å². The second kappa shape index (κ2) is 8.74. The molecule has 0 aliphatic heterocycles. The van der Waals surface area contributed by atoms with Crippen LogP contribution in [0.3, 0.4) is 0 Å². The van der Waals surface area contributed by atoms with Crippen LogP contribution in [-0.4, -0.2) is 20.5 Å². The van der Waals surface area contributed by atoms with Crippen molar-refractivity contribution in [3.63, 3.8) is 0 Å². The van der Waals surface area contributed by atoms with Crippen molar-refractivity contribution in [3.8, 4) is 17.2 Å². The molecule has 0 bridgehead atoms. The summed E-state index contributed by atoms with van der Waals surface area (Å²) in [6.45, 7) is 0. The lowest BCUT2D eigenvalue weighted by molar-refractivity contribution is 0.415. The van der Waals surface area contributed by atoms with Crippen molar-refractivity contribution < 1.29 is 17.6 Å². The number of sulfone groups is 1. The van der Waals surface area contributed by atoms with Gasteiger partial charge in [-0.05, 0) is 60.7 Å². The first kappa shape index (κ1) is 21.4. The summed E-state index contributed by atoms with van der Waals surface area (Å²) in [4.78, 5) is 4.38. The second-order valence-electron chi connectivity index (χ2n) is 6.47. The lowest BCUT2D eigenvalue weighted by atomic mass is 10.2. The Kier molecular flexibility index (Phi) is 6.04. The fraction of sp³-hybridized carbons (Fsp3) is 0.0455. The lowest BCUT2D eigenvalue weighted by Crippen LogP contribution is -2.05. The summed E-state index contributed by atoms with van der Waals surface area (Å²) in [7, 11) is -2.43. The number of halogens is 2. The molecular weight excluding hydrogens is 504 g/mol. The maximum Gasteiger partial charge on any atom is 0.238 e. The largest absolute Gasteiger partial charge is 0.497 e. The van der Waals surface area contributed by atoms with E-state index in [4.69, 9.17) is 20.8 Å². The van der Waals surface area contributed by atoms with Crippen LogP contribution in [0.25, 0.3) is 11.5 Å². The van der Waals surface area contributed by atoms with Crippen molar-refractivity contribution >= 4 is 48.9 Å². The Bertz CT molecular complexity index is 1320. The Morgan fingerprint density at radius 2 is 1.74 bits per heavy atom. The van der Waals surface area contributed by atoms with E-state index in [1.54, 1.807) is 43.5 Å². The van der Waals surface area contributed by atoms with Crippen LogP contribution in [0, 0.1) is 0 Å². The fourth-order valence-electron chi connectivity index (χ4n) is 2.84. The summed E-state index contributed by atoms with van der Waals surface area (Å²) in [6, 6.07) is 20.1. The average molecular weight is 520 g/mol. The normalized spacial score (nSPS) is 11.3. The number of methoxy groups -OCH3 is 1. The van der Waals surface area contributed by atoms with Gasteiger partial charge in [-0.2, -0.15) is 4.98 Å². The van der Waals surface area contributed by atoms with Gasteiger partial charge in [-0.1, -0.05) is 33.6 Å². The molecule has 1 heterocycles. The summed E-state index contributed by atoms with van der Waals surface area (Å²) < 4.78 is 38.7. The molecule has 0 spiro atoms. The summed E-state index contributed by atoms with van der Waals surface area (Å²) >= 11 is 9.30. The van der Waals surface area contributed by atoms with Crippen LogP contribution >= 0.6 is 27.5 Å². The minimum absolute atomic E-state index is 0.00104. The predicted octanol–water partition coefficient (Wildman–Crippen LogP) is 6.34. The molecule has 0 saturated carbocycles. The average Bonchev–Trinajstić information content (AvgIpc) is 3.19. The minimum Gasteiger partial charge on any atom is -0.497 e. The highest BCUT2D eigenvalue weighted by atomic mass is 79.9. The van der Waals surface area contributed by atoms with Crippen molar-refractivity contribution in [2.24, 2.45) is 0 Å². The molecular formula is C22H16BrClN2O4S. The maximum absolute atomic E-state index is 13.3. The van der Waals surface area contributed by atoms with E-state index in [2.05, 4.69) is 26.2 Å². The molecule has 1 N–H and O–H groups in total. The second-order valence-corrected chi connectivity index (χ2v) is 9.69. The van der Waals surface area contributed by atoms with E-state index in [9.17, 15) is 8.42 Å². The first-order valence-corrected chi connectivity index (χ1v) is 11.7.